The largest absolute Gasteiger partial charge is 0.492 e. The Morgan fingerprint density at radius 1 is 1.31 bits per heavy atom. The van der Waals surface area contributed by atoms with Gasteiger partial charge < -0.3 is 23.4 Å². The van der Waals surface area contributed by atoms with Gasteiger partial charge in [0, 0.05) is 6.08 Å². The number of benzene rings is 1. The molecule has 0 bridgehead atoms. The number of aryl methyl sites for hydroxylation is 1. The van der Waals surface area contributed by atoms with Gasteiger partial charge >= 0.3 is 5.97 Å². The van der Waals surface area contributed by atoms with Crippen LogP contribution in [-0.2, 0) is 11.4 Å². The molecule has 0 spiro atoms. The molecule has 7 nitrogen and oxygen atoms in total. The molecule has 0 fully saturated rings. The number of aliphatic carboxylic acids is 1. The third kappa shape index (κ3) is 3.61. The summed E-state index contributed by atoms with van der Waals surface area (Å²) in [5, 5.41) is 8.95. The molecule has 0 aliphatic carbocycles. The second-order valence-corrected chi connectivity index (χ2v) is 5.38. The van der Waals surface area contributed by atoms with Crippen molar-refractivity contribution in [3.05, 3.63) is 60.0 Å². The third-order valence-corrected chi connectivity index (χ3v) is 3.65. The molecule has 0 aliphatic heterocycles. The van der Waals surface area contributed by atoms with Gasteiger partial charge in [-0.2, -0.15) is 0 Å². The number of furan rings is 1. The molecule has 0 saturated heterocycles. The summed E-state index contributed by atoms with van der Waals surface area (Å²) in [7, 11) is 1.52. The fourth-order valence-electron chi connectivity index (χ4n) is 2.59. The topological polar surface area (TPSA) is 94.9 Å². The molecule has 1 aromatic carbocycles. The third-order valence-electron chi connectivity index (χ3n) is 3.65. The highest BCUT2D eigenvalue weighted by molar-refractivity contribution is 5.89. The van der Waals surface area contributed by atoms with E-state index in [1.807, 2.05) is 13.0 Å². The smallest absolute Gasteiger partial charge is 0.328 e. The van der Waals surface area contributed by atoms with Crippen LogP contribution in [0.5, 0.6) is 11.5 Å². The van der Waals surface area contributed by atoms with Crippen molar-refractivity contribution in [1.29, 1.82) is 0 Å². The summed E-state index contributed by atoms with van der Waals surface area (Å²) in [6.07, 6.45) is 7.10. The molecule has 0 aliphatic rings. The molecule has 3 aromatic rings. The van der Waals surface area contributed by atoms with Crippen molar-refractivity contribution in [3.8, 4) is 22.8 Å². The summed E-state index contributed by atoms with van der Waals surface area (Å²) in [5.74, 6) is 0.867. The van der Waals surface area contributed by atoms with Gasteiger partial charge in [-0.1, -0.05) is 0 Å². The maximum atomic E-state index is 10.9. The number of aromatic nitrogens is 1. The average Bonchev–Trinajstić information content (AvgIpc) is 3.31. The first-order chi connectivity index (χ1) is 12.6. The summed E-state index contributed by atoms with van der Waals surface area (Å²) in [6.45, 7) is 1.98. The second-order valence-electron chi connectivity index (χ2n) is 5.38. The number of methoxy groups -OCH3 is 1. The molecule has 0 unspecified atom stereocenters. The molecule has 134 valence electrons. The Balaban J connectivity index is 2.10. The standard InChI is InChI=1S/C19H17NO6/c1-12-10-13(5-6-16(21)22)17(14-4-3-8-24-14)19(23-2)18(12)26-11-15-20-7-9-25-15/h3-10H,11H2,1-2H3,(H,21,22). The Bertz CT molecular complexity index is 910. The van der Waals surface area contributed by atoms with Gasteiger partial charge in [-0.15, -0.1) is 0 Å². The molecule has 3 rings (SSSR count). The molecular weight excluding hydrogens is 338 g/mol. The minimum atomic E-state index is -1.05. The Morgan fingerprint density at radius 3 is 2.77 bits per heavy atom. The summed E-state index contributed by atoms with van der Waals surface area (Å²) in [6, 6.07) is 5.32. The highest BCUT2D eigenvalue weighted by Gasteiger charge is 2.21. The van der Waals surface area contributed by atoms with Crippen molar-refractivity contribution < 1.29 is 28.2 Å². The highest BCUT2D eigenvalue weighted by atomic mass is 16.5. The average molecular weight is 355 g/mol. The fraction of sp³-hybridized carbons (Fsp3) is 0.158. The second kappa shape index (κ2) is 7.60. The van der Waals surface area contributed by atoms with E-state index in [2.05, 4.69) is 4.98 Å². The van der Waals surface area contributed by atoms with E-state index in [1.165, 1.54) is 31.9 Å². The Kier molecular flexibility index (Phi) is 5.07. The number of rotatable bonds is 7. The van der Waals surface area contributed by atoms with Crippen LogP contribution in [0.4, 0.5) is 0 Å². The van der Waals surface area contributed by atoms with Gasteiger partial charge in [0.05, 0.1) is 25.1 Å². The lowest BCUT2D eigenvalue weighted by Crippen LogP contribution is -2.02. The molecule has 2 heterocycles. The van der Waals surface area contributed by atoms with E-state index in [0.29, 0.717) is 34.3 Å². The number of hydrogen-bond acceptors (Lipinski definition) is 6. The fourth-order valence-corrected chi connectivity index (χ4v) is 2.59. The summed E-state index contributed by atoms with van der Waals surface area (Å²) in [5.41, 5.74) is 2.01. The zero-order valence-electron chi connectivity index (χ0n) is 14.3. The number of carbonyl (C=O) groups is 1. The number of nitrogens with zero attached hydrogens (tertiary/aromatic N) is 1. The SMILES string of the molecule is COc1c(OCc2ncco2)c(C)cc(C=CC(=O)O)c1-c1ccco1. The zero-order chi connectivity index (χ0) is 18.5. The normalized spacial score (nSPS) is 11.0. The van der Waals surface area contributed by atoms with Crippen LogP contribution >= 0.6 is 0 Å². The van der Waals surface area contributed by atoms with E-state index in [4.69, 9.17) is 23.4 Å². The van der Waals surface area contributed by atoms with Crippen molar-refractivity contribution in [2.45, 2.75) is 13.5 Å². The van der Waals surface area contributed by atoms with Gasteiger partial charge in [0.2, 0.25) is 5.89 Å². The lowest BCUT2D eigenvalue weighted by molar-refractivity contribution is -0.131. The number of ether oxygens (including phenoxy) is 2. The molecule has 2 aromatic heterocycles. The molecule has 0 radical (unpaired) electrons. The van der Waals surface area contributed by atoms with Gasteiger partial charge in [-0.05, 0) is 42.3 Å². The molecule has 7 heteroatoms. The quantitative estimate of drug-likeness (QED) is 0.642. The maximum Gasteiger partial charge on any atom is 0.328 e. The van der Waals surface area contributed by atoms with Crippen molar-refractivity contribution in [2.75, 3.05) is 7.11 Å². The molecule has 26 heavy (non-hydrogen) atoms. The van der Waals surface area contributed by atoms with Crippen molar-refractivity contribution >= 4 is 12.0 Å². The first kappa shape index (κ1) is 17.3. The molecule has 0 saturated carbocycles. The monoisotopic (exact) mass is 355 g/mol. The van der Waals surface area contributed by atoms with Crippen molar-refractivity contribution in [3.63, 3.8) is 0 Å². The van der Waals surface area contributed by atoms with Gasteiger partial charge in [-0.25, -0.2) is 9.78 Å². The van der Waals surface area contributed by atoms with Gasteiger partial charge in [0.15, 0.2) is 18.1 Å². The van der Waals surface area contributed by atoms with E-state index in [-0.39, 0.29) is 6.61 Å². The number of carboxylic acid groups (broad SMARTS) is 1. The van der Waals surface area contributed by atoms with Crippen LogP contribution in [0.2, 0.25) is 0 Å². The summed E-state index contributed by atoms with van der Waals surface area (Å²) < 4.78 is 22.1. The van der Waals surface area contributed by atoms with Gasteiger partial charge in [0.1, 0.15) is 12.0 Å². The van der Waals surface area contributed by atoms with Crippen LogP contribution in [0.1, 0.15) is 17.0 Å². The lowest BCUT2D eigenvalue weighted by Gasteiger charge is -2.17. The van der Waals surface area contributed by atoms with Crippen LogP contribution in [0.3, 0.4) is 0 Å². The van der Waals surface area contributed by atoms with Crippen molar-refractivity contribution in [1.82, 2.24) is 4.98 Å². The highest BCUT2D eigenvalue weighted by Crippen LogP contribution is 2.44. The number of oxazole rings is 1. The van der Waals surface area contributed by atoms with E-state index in [9.17, 15) is 4.79 Å². The molecule has 0 atom stereocenters. The number of hydrogen-bond donors (Lipinski definition) is 1. The lowest BCUT2D eigenvalue weighted by atomic mass is 9.99. The van der Waals surface area contributed by atoms with Crippen LogP contribution in [-0.4, -0.2) is 23.2 Å². The molecule has 0 amide bonds. The Hall–Kier alpha value is -3.48. The van der Waals surface area contributed by atoms with Crippen LogP contribution in [0.25, 0.3) is 17.4 Å². The van der Waals surface area contributed by atoms with E-state index in [0.717, 1.165) is 11.6 Å². The molecule has 1 N–H and O–H groups in total. The summed E-state index contributed by atoms with van der Waals surface area (Å²) in [4.78, 5) is 15.0. The van der Waals surface area contributed by atoms with Crippen LogP contribution in [0.15, 0.2) is 51.8 Å². The Labute approximate surface area is 149 Å². The maximum absolute atomic E-state index is 10.9. The first-order valence-electron chi connectivity index (χ1n) is 7.77. The van der Waals surface area contributed by atoms with Crippen molar-refractivity contribution in [2.24, 2.45) is 0 Å². The van der Waals surface area contributed by atoms with E-state index < -0.39 is 5.97 Å². The van der Waals surface area contributed by atoms with Gasteiger partial charge in [-0.3, -0.25) is 0 Å². The predicted molar refractivity (Wildman–Crippen MR) is 92.9 cm³/mol. The van der Waals surface area contributed by atoms with Gasteiger partial charge in [0.25, 0.3) is 0 Å². The number of carboxylic acids is 1. The van der Waals surface area contributed by atoms with E-state index >= 15 is 0 Å². The van der Waals surface area contributed by atoms with E-state index in [1.54, 1.807) is 12.1 Å². The minimum Gasteiger partial charge on any atom is -0.492 e. The predicted octanol–water partition coefficient (Wildman–Crippen LogP) is 3.93. The zero-order valence-corrected chi connectivity index (χ0v) is 14.3. The molecular formula is C19H17NO6. The minimum absolute atomic E-state index is 0.131. The van der Waals surface area contributed by atoms with Crippen LogP contribution < -0.4 is 9.47 Å². The van der Waals surface area contributed by atoms with Crippen LogP contribution in [0, 0.1) is 6.92 Å². The summed E-state index contributed by atoms with van der Waals surface area (Å²) >= 11 is 0. The Morgan fingerprint density at radius 2 is 2.15 bits per heavy atom. The first-order valence-corrected chi connectivity index (χ1v) is 7.77.